The molecule has 0 saturated carbocycles. The monoisotopic (exact) mass is 223 g/mol. The van der Waals surface area contributed by atoms with E-state index < -0.39 is 0 Å². The Labute approximate surface area is 99.7 Å². The van der Waals surface area contributed by atoms with Gasteiger partial charge in [-0.05, 0) is 38.1 Å². The Morgan fingerprint density at radius 3 is 2.47 bits per heavy atom. The third kappa shape index (κ3) is 1.60. The lowest BCUT2D eigenvalue weighted by atomic mass is 10.2. The topological polar surface area (TPSA) is 30.7 Å². The van der Waals surface area contributed by atoms with Gasteiger partial charge >= 0.3 is 0 Å². The lowest BCUT2D eigenvalue weighted by Crippen LogP contribution is -1.97. The molecule has 2 aromatic heterocycles. The van der Waals surface area contributed by atoms with Crippen LogP contribution in [0.4, 0.5) is 0 Å². The van der Waals surface area contributed by atoms with Crippen molar-refractivity contribution in [3.63, 3.8) is 0 Å². The van der Waals surface area contributed by atoms with Crippen molar-refractivity contribution >= 4 is 11.0 Å². The first kappa shape index (κ1) is 10.0. The van der Waals surface area contributed by atoms with Gasteiger partial charge < -0.3 is 0 Å². The van der Waals surface area contributed by atoms with Crippen LogP contribution in [-0.2, 0) is 0 Å². The molecular formula is C14H13N3. The molecule has 0 aliphatic heterocycles. The Morgan fingerprint density at radius 1 is 0.941 bits per heavy atom. The largest absolute Gasteiger partial charge is 0.233 e. The van der Waals surface area contributed by atoms with Crippen molar-refractivity contribution in [1.82, 2.24) is 14.8 Å². The van der Waals surface area contributed by atoms with Gasteiger partial charge in [0, 0.05) is 11.1 Å². The predicted molar refractivity (Wildman–Crippen MR) is 68.3 cm³/mol. The van der Waals surface area contributed by atoms with E-state index in [-0.39, 0.29) is 0 Å². The van der Waals surface area contributed by atoms with Crippen LogP contribution in [0.25, 0.3) is 16.7 Å². The van der Waals surface area contributed by atoms with Gasteiger partial charge in [0.2, 0.25) is 0 Å². The molecule has 0 unspecified atom stereocenters. The van der Waals surface area contributed by atoms with Gasteiger partial charge in [-0.15, -0.1) is 0 Å². The maximum absolute atomic E-state index is 4.57. The van der Waals surface area contributed by atoms with E-state index in [0.717, 1.165) is 28.1 Å². The van der Waals surface area contributed by atoms with Crippen molar-refractivity contribution in [2.75, 3.05) is 0 Å². The minimum absolute atomic E-state index is 0.925. The van der Waals surface area contributed by atoms with Crippen molar-refractivity contribution in [2.24, 2.45) is 0 Å². The second-order valence-corrected chi connectivity index (χ2v) is 4.16. The van der Waals surface area contributed by atoms with E-state index in [1.54, 1.807) is 0 Å². The van der Waals surface area contributed by atoms with Crippen molar-refractivity contribution < 1.29 is 0 Å². The van der Waals surface area contributed by atoms with E-state index in [2.05, 4.69) is 16.1 Å². The van der Waals surface area contributed by atoms with Crippen molar-refractivity contribution in [3.8, 4) is 5.69 Å². The fourth-order valence-corrected chi connectivity index (χ4v) is 1.99. The summed E-state index contributed by atoms with van der Waals surface area (Å²) in [5.41, 5.74) is 3.99. The number of fused-ring (bicyclic) bond motifs is 1. The molecule has 17 heavy (non-hydrogen) atoms. The maximum Gasteiger partial charge on any atom is 0.163 e. The molecule has 0 amide bonds. The molecule has 0 N–H and O–H groups in total. The van der Waals surface area contributed by atoms with Gasteiger partial charge in [-0.25, -0.2) is 9.67 Å². The van der Waals surface area contributed by atoms with E-state index in [1.807, 2.05) is 54.9 Å². The Hall–Kier alpha value is -2.16. The first-order chi connectivity index (χ1) is 8.25. The number of rotatable bonds is 1. The Bertz CT molecular complexity index is 669. The standard InChI is InChI=1S/C14H13N3/c1-10-8-9-13-11(2)16-17(14(13)15-10)12-6-4-3-5-7-12/h3-9H,1-2H3. The summed E-state index contributed by atoms with van der Waals surface area (Å²) in [6.45, 7) is 4.01. The van der Waals surface area contributed by atoms with Crippen LogP contribution in [0.15, 0.2) is 42.5 Å². The lowest BCUT2D eigenvalue weighted by Gasteiger charge is -2.02. The zero-order valence-electron chi connectivity index (χ0n) is 9.88. The first-order valence-electron chi connectivity index (χ1n) is 5.64. The number of aromatic nitrogens is 3. The number of hydrogen-bond donors (Lipinski definition) is 0. The fraction of sp³-hybridized carbons (Fsp3) is 0.143. The minimum atomic E-state index is 0.925. The second-order valence-electron chi connectivity index (χ2n) is 4.16. The molecule has 0 aliphatic rings. The van der Waals surface area contributed by atoms with Gasteiger partial charge in [0.15, 0.2) is 5.65 Å². The molecule has 3 aromatic rings. The summed E-state index contributed by atoms with van der Waals surface area (Å²) in [7, 11) is 0. The average molecular weight is 223 g/mol. The number of aryl methyl sites for hydroxylation is 2. The van der Waals surface area contributed by atoms with E-state index in [9.17, 15) is 0 Å². The highest BCUT2D eigenvalue weighted by Crippen LogP contribution is 2.20. The minimum Gasteiger partial charge on any atom is -0.233 e. The van der Waals surface area contributed by atoms with Crippen LogP contribution < -0.4 is 0 Å². The van der Waals surface area contributed by atoms with E-state index in [0.29, 0.717) is 0 Å². The number of benzene rings is 1. The third-order valence-corrected chi connectivity index (χ3v) is 2.86. The highest BCUT2D eigenvalue weighted by Gasteiger charge is 2.09. The first-order valence-corrected chi connectivity index (χ1v) is 5.64. The van der Waals surface area contributed by atoms with Crippen molar-refractivity contribution in [1.29, 1.82) is 0 Å². The molecule has 0 spiro atoms. The van der Waals surface area contributed by atoms with Crippen LogP contribution >= 0.6 is 0 Å². The lowest BCUT2D eigenvalue weighted by molar-refractivity contribution is 0.875. The van der Waals surface area contributed by atoms with Crippen LogP contribution in [0.3, 0.4) is 0 Å². The number of para-hydroxylation sites is 1. The summed E-state index contributed by atoms with van der Waals surface area (Å²) < 4.78 is 1.90. The molecule has 0 fully saturated rings. The quantitative estimate of drug-likeness (QED) is 0.634. The summed E-state index contributed by atoms with van der Waals surface area (Å²) in [6.07, 6.45) is 0. The molecule has 0 bridgehead atoms. The number of nitrogens with zero attached hydrogens (tertiary/aromatic N) is 3. The van der Waals surface area contributed by atoms with Gasteiger partial charge in [-0.3, -0.25) is 0 Å². The predicted octanol–water partition coefficient (Wildman–Crippen LogP) is 3.04. The summed E-state index contributed by atoms with van der Waals surface area (Å²) in [5, 5.41) is 5.67. The molecule has 3 heteroatoms. The zero-order valence-corrected chi connectivity index (χ0v) is 9.88. The number of pyridine rings is 1. The molecule has 0 aliphatic carbocycles. The fourth-order valence-electron chi connectivity index (χ4n) is 1.99. The van der Waals surface area contributed by atoms with E-state index >= 15 is 0 Å². The summed E-state index contributed by atoms with van der Waals surface area (Å²) >= 11 is 0. The Morgan fingerprint density at radius 2 is 1.71 bits per heavy atom. The van der Waals surface area contributed by atoms with Gasteiger partial charge in [0.05, 0.1) is 11.4 Å². The molecule has 2 heterocycles. The Balaban J connectivity index is 2.34. The molecule has 3 rings (SSSR count). The highest BCUT2D eigenvalue weighted by molar-refractivity contribution is 5.79. The van der Waals surface area contributed by atoms with Crippen molar-refractivity contribution in [3.05, 3.63) is 53.9 Å². The summed E-state index contributed by atoms with van der Waals surface area (Å²) in [5.74, 6) is 0. The molecular weight excluding hydrogens is 210 g/mol. The highest BCUT2D eigenvalue weighted by atomic mass is 15.3. The zero-order chi connectivity index (χ0) is 11.8. The third-order valence-electron chi connectivity index (χ3n) is 2.86. The van der Waals surface area contributed by atoms with Crippen LogP contribution in [-0.4, -0.2) is 14.8 Å². The SMILES string of the molecule is Cc1ccc2c(C)nn(-c3ccccc3)c2n1. The second kappa shape index (κ2) is 3.70. The van der Waals surface area contributed by atoms with Gasteiger partial charge in [0.25, 0.3) is 0 Å². The van der Waals surface area contributed by atoms with Crippen LogP contribution in [0.1, 0.15) is 11.4 Å². The molecule has 0 radical (unpaired) electrons. The van der Waals surface area contributed by atoms with Crippen LogP contribution in [0.5, 0.6) is 0 Å². The molecule has 84 valence electrons. The molecule has 0 saturated heterocycles. The van der Waals surface area contributed by atoms with Crippen LogP contribution in [0, 0.1) is 13.8 Å². The van der Waals surface area contributed by atoms with Gasteiger partial charge in [0.1, 0.15) is 0 Å². The van der Waals surface area contributed by atoms with E-state index in [1.165, 1.54) is 0 Å². The van der Waals surface area contributed by atoms with Crippen molar-refractivity contribution in [2.45, 2.75) is 13.8 Å². The summed E-state index contributed by atoms with van der Waals surface area (Å²) in [6, 6.07) is 14.2. The molecule has 1 aromatic carbocycles. The smallest absolute Gasteiger partial charge is 0.163 e. The molecule has 0 atom stereocenters. The summed E-state index contributed by atoms with van der Waals surface area (Å²) in [4.78, 5) is 4.57. The normalized spacial score (nSPS) is 10.9. The maximum atomic E-state index is 4.57. The Kier molecular flexibility index (Phi) is 2.18. The van der Waals surface area contributed by atoms with E-state index in [4.69, 9.17) is 0 Å². The average Bonchev–Trinajstić information content (AvgIpc) is 2.67. The molecule has 3 nitrogen and oxygen atoms in total. The number of hydrogen-bond acceptors (Lipinski definition) is 2. The van der Waals surface area contributed by atoms with Gasteiger partial charge in [-0.2, -0.15) is 5.10 Å². The van der Waals surface area contributed by atoms with Crippen LogP contribution in [0.2, 0.25) is 0 Å². The van der Waals surface area contributed by atoms with Gasteiger partial charge in [-0.1, -0.05) is 18.2 Å².